The largest absolute Gasteiger partial charge is 0.393 e. The highest BCUT2D eigenvalue weighted by molar-refractivity contribution is 5.08. The Labute approximate surface area is 153 Å². The van der Waals surface area contributed by atoms with E-state index in [1.807, 2.05) is 0 Å². The highest BCUT2D eigenvalue weighted by Gasteiger charge is 2.21. The van der Waals surface area contributed by atoms with Gasteiger partial charge in [0.15, 0.2) is 6.23 Å². The predicted molar refractivity (Wildman–Crippen MR) is 99.9 cm³/mol. The predicted octanol–water partition coefficient (Wildman–Crippen LogP) is 0.371. The molecule has 0 saturated carbocycles. The van der Waals surface area contributed by atoms with Crippen molar-refractivity contribution >= 4 is 0 Å². The van der Waals surface area contributed by atoms with Gasteiger partial charge in [0.1, 0.15) is 6.10 Å². The number of H-pyrrole nitrogens is 1. The standard InChI is InChI=1S/C18H30N4O4/c19-9-5-3-1-2-4-6-10-20-11-14-12-22(18(25)21-17(14)24)16-8-7-15(13-23)26-16/h7-8,12,15-16,20,23H,1-6,9-11,13,19H2,(H,21,24,25)/t15-,16+/m1/s1. The molecule has 0 spiro atoms. The van der Waals surface area contributed by atoms with Gasteiger partial charge < -0.3 is 20.9 Å². The van der Waals surface area contributed by atoms with Crippen LogP contribution in [0.3, 0.4) is 0 Å². The average Bonchev–Trinajstić information content (AvgIpc) is 3.10. The van der Waals surface area contributed by atoms with Crippen molar-refractivity contribution in [3.05, 3.63) is 44.8 Å². The molecule has 0 saturated heterocycles. The van der Waals surface area contributed by atoms with Crippen molar-refractivity contribution in [1.82, 2.24) is 14.9 Å². The van der Waals surface area contributed by atoms with Gasteiger partial charge in [0, 0.05) is 18.3 Å². The molecule has 1 aliphatic heterocycles. The van der Waals surface area contributed by atoms with Crippen LogP contribution in [0.15, 0.2) is 27.9 Å². The summed E-state index contributed by atoms with van der Waals surface area (Å²) in [6, 6.07) is 0. The maximum absolute atomic E-state index is 12.0. The molecule has 8 heteroatoms. The van der Waals surface area contributed by atoms with Crippen LogP contribution in [0.4, 0.5) is 0 Å². The Morgan fingerprint density at radius 2 is 1.88 bits per heavy atom. The quantitative estimate of drug-likeness (QED) is 0.313. The van der Waals surface area contributed by atoms with E-state index in [0.29, 0.717) is 12.1 Å². The topological polar surface area (TPSA) is 122 Å². The van der Waals surface area contributed by atoms with E-state index in [1.165, 1.54) is 30.0 Å². The molecule has 0 radical (unpaired) electrons. The monoisotopic (exact) mass is 366 g/mol. The molecular formula is C18H30N4O4. The zero-order valence-electron chi connectivity index (χ0n) is 15.2. The SMILES string of the molecule is NCCCCCCCCNCc1cn([C@@H]2C=C[C@H](CO)O2)c(=O)[nH]c1=O. The number of ether oxygens (including phenoxy) is 1. The number of aromatic nitrogens is 2. The first kappa shape index (κ1) is 20.6. The second-order valence-corrected chi connectivity index (χ2v) is 6.54. The minimum Gasteiger partial charge on any atom is -0.393 e. The Kier molecular flexibility index (Phi) is 8.76. The molecule has 0 bridgehead atoms. The van der Waals surface area contributed by atoms with E-state index >= 15 is 0 Å². The summed E-state index contributed by atoms with van der Waals surface area (Å²) < 4.78 is 6.86. The minimum absolute atomic E-state index is 0.147. The van der Waals surface area contributed by atoms with Crippen LogP contribution < -0.4 is 22.3 Å². The van der Waals surface area contributed by atoms with Crippen molar-refractivity contribution in [1.29, 1.82) is 0 Å². The molecule has 0 unspecified atom stereocenters. The normalized spacial score (nSPS) is 19.3. The summed E-state index contributed by atoms with van der Waals surface area (Å²) in [5.41, 5.74) is 5.04. The van der Waals surface area contributed by atoms with Crippen molar-refractivity contribution in [2.75, 3.05) is 19.7 Å². The van der Waals surface area contributed by atoms with Crippen molar-refractivity contribution < 1.29 is 9.84 Å². The van der Waals surface area contributed by atoms with Crippen molar-refractivity contribution in [2.24, 2.45) is 5.73 Å². The molecule has 0 aliphatic carbocycles. The van der Waals surface area contributed by atoms with Crippen LogP contribution in [0.1, 0.15) is 50.3 Å². The third kappa shape index (κ3) is 6.21. The van der Waals surface area contributed by atoms with Gasteiger partial charge in [-0.1, -0.05) is 31.8 Å². The number of nitrogens with zero attached hydrogens (tertiary/aromatic N) is 1. The van der Waals surface area contributed by atoms with E-state index in [-0.39, 0.29) is 12.2 Å². The summed E-state index contributed by atoms with van der Waals surface area (Å²) >= 11 is 0. The fraction of sp³-hybridized carbons (Fsp3) is 0.667. The zero-order valence-corrected chi connectivity index (χ0v) is 15.2. The number of aromatic amines is 1. The summed E-state index contributed by atoms with van der Waals surface area (Å²) in [5.74, 6) is 0. The summed E-state index contributed by atoms with van der Waals surface area (Å²) in [6.45, 7) is 1.83. The van der Waals surface area contributed by atoms with Crippen LogP contribution in [0.2, 0.25) is 0 Å². The van der Waals surface area contributed by atoms with Gasteiger partial charge in [-0.05, 0) is 32.0 Å². The smallest absolute Gasteiger partial charge is 0.330 e. The molecule has 5 N–H and O–H groups in total. The number of nitrogens with one attached hydrogen (secondary N) is 2. The maximum atomic E-state index is 12.0. The van der Waals surface area contributed by atoms with E-state index in [4.69, 9.17) is 15.6 Å². The first-order chi connectivity index (χ1) is 12.7. The first-order valence-electron chi connectivity index (χ1n) is 9.35. The Morgan fingerprint density at radius 3 is 2.58 bits per heavy atom. The van der Waals surface area contributed by atoms with Crippen molar-refractivity contribution in [2.45, 2.75) is 57.4 Å². The van der Waals surface area contributed by atoms with Crippen molar-refractivity contribution in [3.63, 3.8) is 0 Å². The van der Waals surface area contributed by atoms with Crippen LogP contribution in [0.5, 0.6) is 0 Å². The number of aliphatic hydroxyl groups excluding tert-OH is 1. The molecule has 0 amide bonds. The maximum Gasteiger partial charge on any atom is 0.330 e. The molecule has 0 fully saturated rings. The number of unbranched alkanes of at least 4 members (excludes halogenated alkanes) is 5. The lowest BCUT2D eigenvalue weighted by Crippen LogP contribution is -2.35. The fourth-order valence-corrected chi connectivity index (χ4v) is 2.92. The van der Waals surface area contributed by atoms with Gasteiger partial charge in [-0.3, -0.25) is 14.3 Å². The van der Waals surface area contributed by atoms with Crippen LogP contribution in [-0.4, -0.2) is 40.5 Å². The van der Waals surface area contributed by atoms with E-state index < -0.39 is 18.0 Å². The van der Waals surface area contributed by atoms with Crippen LogP contribution in [0, 0.1) is 0 Å². The Bertz CT molecular complexity index is 683. The molecule has 26 heavy (non-hydrogen) atoms. The van der Waals surface area contributed by atoms with Crippen LogP contribution >= 0.6 is 0 Å². The number of aliphatic hydroxyl groups is 1. The molecule has 146 valence electrons. The zero-order chi connectivity index (χ0) is 18.8. The van der Waals surface area contributed by atoms with E-state index in [2.05, 4.69) is 10.3 Å². The van der Waals surface area contributed by atoms with Gasteiger partial charge in [0.05, 0.1) is 6.61 Å². The fourth-order valence-electron chi connectivity index (χ4n) is 2.92. The molecule has 1 aromatic rings. The lowest BCUT2D eigenvalue weighted by molar-refractivity contribution is -0.0104. The summed E-state index contributed by atoms with van der Waals surface area (Å²) in [7, 11) is 0. The molecule has 2 atom stereocenters. The summed E-state index contributed by atoms with van der Waals surface area (Å²) in [6.07, 6.45) is 10.8. The van der Waals surface area contributed by atoms with E-state index in [1.54, 1.807) is 12.2 Å². The molecule has 2 rings (SSSR count). The first-order valence-corrected chi connectivity index (χ1v) is 9.35. The van der Waals surface area contributed by atoms with E-state index in [0.717, 1.165) is 32.4 Å². The molecule has 1 aromatic heterocycles. The third-order valence-corrected chi connectivity index (χ3v) is 4.42. The lowest BCUT2D eigenvalue weighted by atomic mass is 10.1. The van der Waals surface area contributed by atoms with E-state index in [9.17, 15) is 9.59 Å². The second-order valence-electron chi connectivity index (χ2n) is 6.54. The molecule has 8 nitrogen and oxygen atoms in total. The third-order valence-electron chi connectivity index (χ3n) is 4.42. The summed E-state index contributed by atoms with van der Waals surface area (Å²) in [4.78, 5) is 26.3. The second kappa shape index (κ2) is 11.1. The summed E-state index contributed by atoms with van der Waals surface area (Å²) in [5, 5.41) is 12.4. The Balaban J connectivity index is 1.79. The number of nitrogens with two attached hydrogens (primary N) is 1. The number of hydrogen-bond donors (Lipinski definition) is 4. The molecule has 0 aromatic carbocycles. The molecular weight excluding hydrogens is 336 g/mol. The van der Waals surface area contributed by atoms with Crippen LogP contribution in [-0.2, 0) is 11.3 Å². The lowest BCUT2D eigenvalue weighted by Gasteiger charge is -2.15. The number of hydrogen-bond acceptors (Lipinski definition) is 6. The molecule has 2 heterocycles. The van der Waals surface area contributed by atoms with Gasteiger partial charge in [-0.25, -0.2) is 4.79 Å². The van der Waals surface area contributed by atoms with Gasteiger partial charge in [0.2, 0.25) is 0 Å². The number of rotatable bonds is 12. The van der Waals surface area contributed by atoms with Gasteiger partial charge in [-0.15, -0.1) is 0 Å². The highest BCUT2D eigenvalue weighted by atomic mass is 16.5. The van der Waals surface area contributed by atoms with Gasteiger partial charge in [-0.2, -0.15) is 0 Å². The molecule has 1 aliphatic rings. The Morgan fingerprint density at radius 1 is 1.15 bits per heavy atom. The highest BCUT2D eigenvalue weighted by Crippen LogP contribution is 2.18. The Hall–Kier alpha value is -1.74. The average molecular weight is 366 g/mol. The van der Waals surface area contributed by atoms with Crippen LogP contribution in [0.25, 0.3) is 0 Å². The van der Waals surface area contributed by atoms with Crippen molar-refractivity contribution in [3.8, 4) is 0 Å². The van der Waals surface area contributed by atoms with Gasteiger partial charge >= 0.3 is 5.69 Å². The van der Waals surface area contributed by atoms with Gasteiger partial charge in [0.25, 0.3) is 5.56 Å². The minimum atomic E-state index is -0.608.